The zero-order valence-corrected chi connectivity index (χ0v) is 9.89. The maximum atomic E-state index is 9.86. The third kappa shape index (κ3) is 4.70. The predicted molar refractivity (Wildman–Crippen MR) is 63.2 cm³/mol. The van der Waals surface area contributed by atoms with Crippen molar-refractivity contribution in [3.63, 3.8) is 0 Å². The summed E-state index contributed by atoms with van der Waals surface area (Å²) in [5.41, 5.74) is 0.881. The number of aliphatic hydroxyl groups is 1. The van der Waals surface area contributed by atoms with E-state index in [0.29, 0.717) is 13.2 Å². The molecule has 0 radical (unpaired) electrons. The van der Waals surface area contributed by atoms with Crippen molar-refractivity contribution in [2.45, 2.75) is 26.0 Å². The third-order valence-electron chi connectivity index (χ3n) is 2.32. The zero-order chi connectivity index (χ0) is 11.8. The summed E-state index contributed by atoms with van der Waals surface area (Å²) < 4.78 is 5.28. The molecule has 4 heteroatoms. The van der Waals surface area contributed by atoms with Crippen LogP contribution in [0.5, 0.6) is 0 Å². The second-order valence-electron chi connectivity index (χ2n) is 3.77. The van der Waals surface area contributed by atoms with Crippen LogP contribution >= 0.6 is 0 Å². The zero-order valence-electron chi connectivity index (χ0n) is 9.89. The van der Waals surface area contributed by atoms with Gasteiger partial charge in [-0.3, -0.25) is 4.98 Å². The summed E-state index contributed by atoms with van der Waals surface area (Å²) >= 11 is 0. The summed E-state index contributed by atoms with van der Waals surface area (Å²) in [6.45, 7) is 5.92. The molecule has 0 saturated carbocycles. The largest absolute Gasteiger partial charge is 0.387 e. The Kier molecular flexibility index (Phi) is 6.00. The van der Waals surface area contributed by atoms with Crippen molar-refractivity contribution in [2.24, 2.45) is 0 Å². The van der Waals surface area contributed by atoms with E-state index in [-0.39, 0.29) is 6.04 Å². The summed E-state index contributed by atoms with van der Waals surface area (Å²) in [6.07, 6.45) is 2.87. The molecular weight excluding hydrogens is 204 g/mol. The van der Waals surface area contributed by atoms with Gasteiger partial charge in [0.2, 0.25) is 0 Å². The Morgan fingerprint density at radius 3 is 2.75 bits per heavy atom. The summed E-state index contributed by atoms with van der Waals surface area (Å²) in [4.78, 5) is 3.91. The van der Waals surface area contributed by atoms with Crippen molar-refractivity contribution in [1.29, 1.82) is 0 Å². The summed E-state index contributed by atoms with van der Waals surface area (Å²) in [7, 11) is 0. The normalized spacial score (nSPS) is 14.7. The molecule has 0 aromatic carbocycles. The van der Waals surface area contributed by atoms with Gasteiger partial charge in [-0.2, -0.15) is 0 Å². The Hall–Kier alpha value is -0.970. The van der Waals surface area contributed by atoms with Crippen LogP contribution in [0.1, 0.15) is 25.5 Å². The molecule has 1 heterocycles. The Labute approximate surface area is 96.7 Å². The van der Waals surface area contributed by atoms with Gasteiger partial charge in [-0.05, 0) is 31.5 Å². The van der Waals surface area contributed by atoms with E-state index in [1.165, 1.54) is 0 Å². The maximum absolute atomic E-state index is 9.86. The van der Waals surface area contributed by atoms with E-state index >= 15 is 0 Å². The topological polar surface area (TPSA) is 54.4 Å². The maximum Gasteiger partial charge on any atom is 0.0915 e. The first-order chi connectivity index (χ1) is 7.74. The summed E-state index contributed by atoms with van der Waals surface area (Å²) in [6, 6.07) is 3.88. The number of ether oxygens (including phenoxy) is 1. The van der Waals surface area contributed by atoms with Gasteiger partial charge in [-0.1, -0.05) is 0 Å². The van der Waals surface area contributed by atoms with E-state index in [0.717, 1.165) is 12.2 Å². The number of aromatic nitrogens is 1. The Morgan fingerprint density at radius 2 is 2.12 bits per heavy atom. The molecular formula is C12H20N2O2. The average Bonchev–Trinajstić information content (AvgIpc) is 2.34. The quantitative estimate of drug-likeness (QED) is 0.729. The minimum Gasteiger partial charge on any atom is -0.387 e. The molecule has 0 fully saturated rings. The first-order valence-electron chi connectivity index (χ1n) is 5.63. The van der Waals surface area contributed by atoms with Crippen molar-refractivity contribution in [3.8, 4) is 0 Å². The molecule has 4 nitrogen and oxygen atoms in total. The van der Waals surface area contributed by atoms with Crippen LogP contribution in [0, 0.1) is 0 Å². The predicted octanol–water partition coefficient (Wildman–Crippen LogP) is 1.13. The SMILES string of the molecule is CCOCC(C)NCC(O)c1ccncc1. The van der Waals surface area contributed by atoms with Crippen LogP contribution in [-0.4, -0.2) is 35.9 Å². The standard InChI is InChI=1S/C12H20N2O2/c1-3-16-9-10(2)14-8-12(15)11-4-6-13-7-5-11/h4-7,10,12,14-15H,3,8-9H2,1-2H3. The van der Waals surface area contributed by atoms with E-state index in [1.807, 2.05) is 26.0 Å². The number of aliphatic hydroxyl groups excluding tert-OH is 1. The molecule has 2 unspecified atom stereocenters. The minimum absolute atomic E-state index is 0.247. The van der Waals surface area contributed by atoms with Crippen LogP contribution in [0.4, 0.5) is 0 Å². The van der Waals surface area contributed by atoms with Crippen molar-refractivity contribution >= 4 is 0 Å². The molecule has 0 aliphatic rings. The molecule has 2 atom stereocenters. The number of nitrogens with one attached hydrogen (secondary N) is 1. The van der Waals surface area contributed by atoms with Crippen LogP contribution in [0.25, 0.3) is 0 Å². The number of nitrogens with zero attached hydrogens (tertiary/aromatic N) is 1. The number of pyridine rings is 1. The highest BCUT2D eigenvalue weighted by Gasteiger charge is 2.08. The number of hydrogen-bond acceptors (Lipinski definition) is 4. The lowest BCUT2D eigenvalue weighted by Gasteiger charge is -2.17. The summed E-state index contributed by atoms with van der Waals surface area (Å²) in [5, 5.41) is 13.1. The average molecular weight is 224 g/mol. The number of hydrogen-bond donors (Lipinski definition) is 2. The number of rotatable bonds is 7. The molecule has 90 valence electrons. The smallest absolute Gasteiger partial charge is 0.0915 e. The van der Waals surface area contributed by atoms with Crippen molar-refractivity contribution in [1.82, 2.24) is 10.3 Å². The fourth-order valence-corrected chi connectivity index (χ4v) is 1.37. The monoisotopic (exact) mass is 224 g/mol. The van der Waals surface area contributed by atoms with Crippen LogP contribution < -0.4 is 5.32 Å². The van der Waals surface area contributed by atoms with Crippen molar-refractivity contribution in [3.05, 3.63) is 30.1 Å². The van der Waals surface area contributed by atoms with Gasteiger partial charge in [0.05, 0.1) is 12.7 Å². The second-order valence-corrected chi connectivity index (χ2v) is 3.77. The van der Waals surface area contributed by atoms with E-state index in [1.54, 1.807) is 12.4 Å². The van der Waals surface area contributed by atoms with Crippen molar-refractivity contribution in [2.75, 3.05) is 19.8 Å². The van der Waals surface area contributed by atoms with Gasteiger partial charge in [0, 0.05) is 31.6 Å². The highest BCUT2D eigenvalue weighted by Crippen LogP contribution is 2.09. The lowest BCUT2D eigenvalue weighted by Crippen LogP contribution is -2.33. The van der Waals surface area contributed by atoms with Crippen molar-refractivity contribution < 1.29 is 9.84 Å². The lowest BCUT2D eigenvalue weighted by molar-refractivity contribution is 0.116. The molecule has 16 heavy (non-hydrogen) atoms. The Bertz CT molecular complexity index is 280. The third-order valence-corrected chi connectivity index (χ3v) is 2.32. The molecule has 1 aromatic heterocycles. The fourth-order valence-electron chi connectivity index (χ4n) is 1.37. The molecule has 0 aliphatic heterocycles. The highest BCUT2D eigenvalue weighted by molar-refractivity contribution is 5.13. The Balaban J connectivity index is 2.27. The van der Waals surface area contributed by atoms with Crippen LogP contribution in [0.15, 0.2) is 24.5 Å². The van der Waals surface area contributed by atoms with Gasteiger partial charge < -0.3 is 15.2 Å². The molecule has 0 aliphatic carbocycles. The van der Waals surface area contributed by atoms with Gasteiger partial charge in [0.25, 0.3) is 0 Å². The molecule has 0 spiro atoms. The van der Waals surface area contributed by atoms with Gasteiger partial charge in [0.1, 0.15) is 0 Å². The fraction of sp³-hybridized carbons (Fsp3) is 0.583. The molecule has 1 rings (SSSR count). The van der Waals surface area contributed by atoms with E-state index < -0.39 is 6.10 Å². The molecule has 0 bridgehead atoms. The minimum atomic E-state index is -0.493. The van der Waals surface area contributed by atoms with E-state index in [9.17, 15) is 5.11 Å². The summed E-state index contributed by atoms with van der Waals surface area (Å²) in [5.74, 6) is 0. The highest BCUT2D eigenvalue weighted by atomic mass is 16.5. The van der Waals surface area contributed by atoms with Gasteiger partial charge in [-0.15, -0.1) is 0 Å². The van der Waals surface area contributed by atoms with Crippen LogP contribution in [0.2, 0.25) is 0 Å². The lowest BCUT2D eigenvalue weighted by atomic mass is 10.1. The van der Waals surface area contributed by atoms with Crippen LogP contribution in [-0.2, 0) is 4.74 Å². The second kappa shape index (κ2) is 7.33. The van der Waals surface area contributed by atoms with E-state index in [4.69, 9.17) is 4.74 Å². The van der Waals surface area contributed by atoms with Gasteiger partial charge in [-0.25, -0.2) is 0 Å². The first-order valence-corrected chi connectivity index (χ1v) is 5.63. The van der Waals surface area contributed by atoms with Gasteiger partial charge in [0.15, 0.2) is 0 Å². The molecule has 0 saturated heterocycles. The molecule has 1 aromatic rings. The molecule has 0 amide bonds. The van der Waals surface area contributed by atoms with Gasteiger partial charge >= 0.3 is 0 Å². The Morgan fingerprint density at radius 1 is 1.44 bits per heavy atom. The molecule has 2 N–H and O–H groups in total. The first kappa shape index (κ1) is 13.1. The van der Waals surface area contributed by atoms with Crippen LogP contribution in [0.3, 0.4) is 0 Å². The van der Waals surface area contributed by atoms with E-state index in [2.05, 4.69) is 10.3 Å².